The van der Waals surface area contributed by atoms with E-state index in [4.69, 9.17) is 4.74 Å². The summed E-state index contributed by atoms with van der Waals surface area (Å²) in [5, 5.41) is 11.7. The Hall–Kier alpha value is -2.98. The van der Waals surface area contributed by atoms with Gasteiger partial charge in [-0.3, -0.25) is 9.36 Å². The number of nitrogens with one attached hydrogen (secondary N) is 1. The maximum absolute atomic E-state index is 13.3. The van der Waals surface area contributed by atoms with E-state index in [9.17, 15) is 9.18 Å². The standard InChI is InChI=1S/C18H14FN5O2S2/c1-26-14-5-3-2-4-13(14)24-10-20-23-18(24)27-9-16(25)22-17-21-12-7-6-11(19)8-15(12)28-17/h2-8,10H,9H2,1H3,(H,21,22,25). The minimum atomic E-state index is -0.333. The van der Waals surface area contributed by atoms with Gasteiger partial charge in [0.1, 0.15) is 17.9 Å². The molecule has 0 aliphatic heterocycles. The van der Waals surface area contributed by atoms with Gasteiger partial charge in [0.05, 0.1) is 28.8 Å². The second-order valence-electron chi connectivity index (χ2n) is 5.62. The molecule has 0 fully saturated rings. The summed E-state index contributed by atoms with van der Waals surface area (Å²) in [6.07, 6.45) is 1.57. The zero-order valence-electron chi connectivity index (χ0n) is 14.6. The van der Waals surface area contributed by atoms with Crippen LogP contribution in [-0.4, -0.2) is 38.5 Å². The summed E-state index contributed by atoms with van der Waals surface area (Å²) in [6.45, 7) is 0. The first-order valence-electron chi connectivity index (χ1n) is 8.16. The van der Waals surface area contributed by atoms with Gasteiger partial charge in [-0.1, -0.05) is 35.2 Å². The van der Waals surface area contributed by atoms with E-state index in [1.165, 1.54) is 35.2 Å². The number of halogens is 1. The van der Waals surface area contributed by atoms with E-state index in [1.807, 2.05) is 24.3 Å². The summed E-state index contributed by atoms with van der Waals surface area (Å²) in [6, 6.07) is 11.8. The zero-order valence-corrected chi connectivity index (χ0v) is 16.3. The molecule has 0 unspecified atom stereocenters. The number of rotatable bonds is 6. The summed E-state index contributed by atoms with van der Waals surface area (Å²) in [7, 11) is 1.59. The Labute approximate surface area is 167 Å². The number of benzene rings is 2. The van der Waals surface area contributed by atoms with Crippen LogP contribution in [0.15, 0.2) is 53.9 Å². The molecule has 4 aromatic rings. The number of thioether (sulfide) groups is 1. The molecule has 0 spiro atoms. The van der Waals surface area contributed by atoms with Gasteiger partial charge in [-0.15, -0.1) is 10.2 Å². The lowest BCUT2D eigenvalue weighted by molar-refractivity contribution is -0.113. The zero-order chi connectivity index (χ0) is 19.5. The normalized spacial score (nSPS) is 10.9. The third-order valence-corrected chi connectivity index (χ3v) is 5.67. The SMILES string of the molecule is COc1ccccc1-n1cnnc1SCC(=O)Nc1nc2ccc(F)cc2s1. The van der Waals surface area contributed by atoms with Crippen LogP contribution in [0.1, 0.15) is 0 Å². The van der Waals surface area contributed by atoms with Gasteiger partial charge in [-0.25, -0.2) is 9.37 Å². The lowest BCUT2D eigenvalue weighted by Crippen LogP contribution is -2.14. The summed E-state index contributed by atoms with van der Waals surface area (Å²) >= 11 is 2.47. The second-order valence-corrected chi connectivity index (χ2v) is 7.60. The number of anilines is 1. The van der Waals surface area contributed by atoms with Crippen molar-refractivity contribution in [1.82, 2.24) is 19.7 Å². The fourth-order valence-electron chi connectivity index (χ4n) is 2.55. The molecule has 0 bridgehead atoms. The second kappa shape index (κ2) is 7.95. The molecule has 0 aliphatic carbocycles. The molecule has 10 heteroatoms. The summed E-state index contributed by atoms with van der Waals surface area (Å²) in [5.41, 5.74) is 1.43. The minimum Gasteiger partial charge on any atom is -0.495 e. The molecule has 0 saturated heterocycles. The van der Waals surface area contributed by atoms with E-state index < -0.39 is 0 Å². The van der Waals surface area contributed by atoms with Crippen molar-refractivity contribution in [2.75, 3.05) is 18.2 Å². The number of ether oxygens (including phenoxy) is 1. The predicted molar refractivity (Wildman–Crippen MR) is 107 cm³/mol. The number of para-hydroxylation sites is 2. The molecule has 0 radical (unpaired) electrons. The number of thiazole rings is 1. The number of fused-ring (bicyclic) bond motifs is 1. The van der Waals surface area contributed by atoms with E-state index in [0.29, 0.717) is 26.3 Å². The van der Waals surface area contributed by atoms with Gasteiger partial charge in [0.25, 0.3) is 0 Å². The van der Waals surface area contributed by atoms with Crippen LogP contribution in [0.25, 0.3) is 15.9 Å². The molecule has 142 valence electrons. The van der Waals surface area contributed by atoms with E-state index in [0.717, 1.165) is 5.69 Å². The summed E-state index contributed by atoms with van der Waals surface area (Å²) < 4.78 is 21.1. The van der Waals surface area contributed by atoms with Crippen LogP contribution in [-0.2, 0) is 4.79 Å². The third kappa shape index (κ3) is 3.82. The van der Waals surface area contributed by atoms with Gasteiger partial charge in [0.15, 0.2) is 10.3 Å². The summed E-state index contributed by atoms with van der Waals surface area (Å²) in [5.74, 6) is 0.229. The number of amides is 1. The van der Waals surface area contributed by atoms with Crippen molar-refractivity contribution < 1.29 is 13.9 Å². The first kappa shape index (κ1) is 18.4. The average Bonchev–Trinajstić information content (AvgIpc) is 3.32. The van der Waals surface area contributed by atoms with E-state index in [2.05, 4.69) is 20.5 Å². The van der Waals surface area contributed by atoms with Crippen LogP contribution in [0.2, 0.25) is 0 Å². The van der Waals surface area contributed by atoms with Crippen LogP contribution in [0, 0.1) is 5.82 Å². The number of hydrogen-bond acceptors (Lipinski definition) is 7. The quantitative estimate of drug-likeness (QED) is 0.483. The number of hydrogen-bond donors (Lipinski definition) is 1. The Morgan fingerprint density at radius 2 is 2.18 bits per heavy atom. The highest BCUT2D eigenvalue weighted by molar-refractivity contribution is 7.99. The van der Waals surface area contributed by atoms with Crippen molar-refractivity contribution in [3.8, 4) is 11.4 Å². The number of aromatic nitrogens is 4. The number of nitrogens with zero attached hydrogens (tertiary/aromatic N) is 4. The van der Waals surface area contributed by atoms with Crippen molar-refractivity contribution in [2.45, 2.75) is 5.16 Å². The molecule has 1 amide bonds. The Morgan fingerprint density at radius 3 is 3.04 bits per heavy atom. The Balaban J connectivity index is 1.45. The third-order valence-electron chi connectivity index (χ3n) is 3.79. The smallest absolute Gasteiger partial charge is 0.236 e. The fourth-order valence-corrected chi connectivity index (χ4v) is 4.18. The molecule has 2 heterocycles. The van der Waals surface area contributed by atoms with Crippen molar-refractivity contribution >= 4 is 44.4 Å². The maximum atomic E-state index is 13.3. The Morgan fingerprint density at radius 1 is 1.32 bits per heavy atom. The number of carbonyl (C=O) groups excluding carboxylic acids is 1. The minimum absolute atomic E-state index is 0.123. The van der Waals surface area contributed by atoms with Crippen LogP contribution < -0.4 is 10.1 Å². The van der Waals surface area contributed by atoms with E-state index in [1.54, 1.807) is 24.1 Å². The monoisotopic (exact) mass is 415 g/mol. The van der Waals surface area contributed by atoms with Gasteiger partial charge in [0, 0.05) is 0 Å². The highest BCUT2D eigenvalue weighted by Crippen LogP contribution is 2.28. The van der Waals surface area contributed by atoms with Gasteiger partial charge in [-0.05, 0) is 30.3 Å². The lowest BCUT2D eigenvalue weighted by Gasteiger charge is -2.10. The molecule has 1 N–H and O–H groups in total. The lowest BCUT2D eigenvalue weighted by atomic mass is 10.3. The summed E-state index contributed by atoms with van der Waals surface area (Å²) in [4.78, 5) is 16.6. The molecule has 28 heavy (non-hydrogen) atoms. The van der Waals surface area contributed by atoms with Crippen molar-refractivity contribution in [3.05, 3.63) is 54.6 Å². The molecular weight excluding hydrogens is 401 g/mol. The Bertz CT molecular complexity index is 1140. The predicted octanol–water partition coefficient (Wildman–Crippen LogP) is 3.76. The van der Waals surface area contributed by atoms with Crippen LogP contribution in [0.4, 0.5) is 9.52 Å². The molecule has 7 nitrogen and oxygen atoms in total. The average molecular weight is 415 g/mol. The van der Waals surface area contributed by atoms with Crippen LogP contribution >= 0.6 is 23.1 Å². The van der Waals surface area contributed by atoms with Gasteiger partial charge >= 0.3 is 0 Å². The van der Waals surface area contributed by atoms with E-state index in [-0.39, 0.29) is 17.5 Å². The highest BCUT2D eigenvalue weighted by Gasteiger charge is 2.14. The first-order valence-corrected chi connectivity index (χ1v) is 9.96. The van der Waals surface area contributed by atoms with Crippen LogP contribution in [0.5, 0.6) is 5.75 Å². The van der Waals surface area contributed by atoms with Crippen molar-refractivity contribution in [2.24, 2.45) is 0 Å². The Kier molecular flexibility index (Phi) is 5.22. The largest absolute Gasteiger partial charge is 0.495 e. The number of methoxy groups -OCH3 is 1. The molecular formula is C18H14FN5O2S2. The highest BCUT2D eigenvalue weighted by atomic mass is 32.2. The van der Waals surface area contributed by atoms with Crippen molar-refractivity contribution in [1.29, 1.82) is 0 Å². The van der Waals surface area contributed by atoms with Crippen LogP contribution in [0.3, 0.4) is 0 Å². The van der Waals surface area contributed by atoms with Crippen molar-refractivity contribution in [3.63, 3.8) is 0 Å². The van der Waals surface area contributed by atoms with Gasteiger partial charge < -0.3 is 10.1 Å². The van der Waals surface area contributed by atoms with Gasteiger partial charge in [0.2, 0.25) is 5.91 Å². The molecule has 2 aromatic carbocycles. The molecule has 2 aromatic heterocycles. The van der Waals surface area contributed by atoms with Gasteiger partial charge in [-0.2, -0.15) is 0 Å². The maximum Gasteiger partial charge on any atom is 0.236 e. The first-order chi connectivity index (χ1) is 13.6. The number of carbonyl (C=O) groups is 1. The molecule has 4 rings (SSSR count). The van der Waals surface area contributed by atoms with E-state index >= 15 is 0 Å². The molecule has 0 aliphatic rings. The fraction of sp³-hybridized carbons (Fsp3) is 0.111. The molecule has 0 atom stereocenters. The molecule has 0 saturated carbocycles. The topological polar surface area (TPSA) is 81.9 Å².